The topological polar surface area (TPSA) is 34.1 Å². The number of alkyl halides is 5. The van der Waals surface area contributed by atoms with E-state index in [1.54, 1.807) is 6.07 Å². The molecule has 0 N–H and O–H groups in total. The Hall–Kier alpha value is -2.60. The van der Waals surface area contributed by atoms with Gasteiger partial charge in [0.1, 0.15) is 17.3 Å². The van der Waals surface area contributed by atoms with Crippen LogP contribution in [0.4, 0.5) is 36.4 Å². The van der Waals surface area contributed by atoms with E-state index in [-0.39, 0.29) is 11.3 Å². The summed E-state index contributed by atoms with van der Waals surface area (Å²) in [5.74, 6) is -7.24. The summed E-state index contributed by atoms with van der Waals surface area (Å²) in [7, 11) is -0.844. The SMILES string of the molecule is CC1(C)OB(c2cccc(N3N=C(C(F)(F)C(F)(F)F)CC3c3ccc(F)cc3F)c2)OC1(C)C. The minimum absolute atomic E-state index is 0.110. The summed E-state index contributed by atoms with van der Waals surface area (Å²) in [5, 5.41) is 4.47. The average Bonchev–Trinajstić information content (AvgIpc) is 3.26. The Labute approximate surface area is 197 Å². The molecule has 188 valence electrons. The molecular weight excluding hydrogens is 480 g/mol. The molecule has 2 heterocycles. The third-order valence-corrected chi connectivity index (χ3v) is 6.61. The lowest BCUT2D eigenvalue weighted by atomic mass is 9.79. The number of hydrogen-bond acceptors (Lipinski definition) is 4. The predicted octanol–water partition coefficient (Wildman–Crippen LogP) is 5.77. The third-order valence-electron chi connectivity index (χ3n) is 6.61. The van der Waals surface area contributed by atoms with E-state index in [1.807, 2.05) is 27.7 Å². The highest BCUT2D eigenvalue weighted by molar-refractivity contribution is 6.62. The van der Waals surface area contributed by atoms with E-state index >= 15 is 0 Å². The number of rotatable bonds is 4. The van der Waals surface area contributed by atoms with Crippen molar-refractivity contribution in [1.29, 1.82) is 0 Å². The van der Waals surface area contributed by atoms with E-state index in [0.29, 0.717) is 11.5 Å². The number of halogens is 7. The smallest absolute Gasteiger partial charge is 0.399 e. The molecule has 2 aliphatic heterocycles. The van der Waals surface area contributed by atoms with E-state index in [4.69, 9.17) is 9.31 Å². The predicted molar refractivity (Wildman–Crippen MR) is 117 cm³/mol. The van der Waals surface area contributed by atoms with Gasteiger partial charge >= 0.3 is 19.2 Å². The van der Waals surface area contributed by atoms with Crippen molar-refractivity contribution in [1.82, 2.24) is 0 Å². The van der Waals surface area contributed by atoms with Gasteiger partial charge in [-0.1, -0.05) is 18.2 Å². The molecular formula is C23H22BF7N2O2. The Bertz CT molecular complexity index is 1150. The minimum Gasteiger partial charge on any atom is -0.399 e. The maximum atomic E-state index is 14.6. The van der Waals surface area contributed by atoms with Gasteiger partial charge in [0.25, 0.3) is 0 Å². The van der Waals surface area contributed by atoms with Crippen LogP contribution < -0.4 is 10.5 Å². The summed E-state index contributed by atoms with van der Waals surface area (Å²) in [6, 6.07) is 7.15. The molecule has 1 unspecified atom stereocenters. The largest absolute Gasteiger partial charge is 0.494 e. The Morgan fingerprint density at radius 3 is 2.14 bits per heavy atom. The summed E-state index contributed by atoms with van der Waals surface area (Å²) in [6.07, 6.45) is -6.81. The summed E-state index contributed by atoms with van der Waals surface area (Å²) in [6.45, 7) is 7.34. The molecule has 0 spiro atoms. The molecule has 4 nitrogen and oxygen atoms in total. The van der Waals surface area contributed by atoms with Crippen LogP contribution in [0.2, 0.25) is 0 Å². The van der Waals surface area contributed by atoms with E-state index in [9.17, 15) is 30.7 Å². The highest BCUT2D eigenvalue weighted by Gasteiger charge is 2.63. The molecule has 2 aliphatic rings. The highest BCUT2D eigenvalue weighted by atomic mass is 19.4. The Balaban J connectivity index is 1.77. The van der Waals surface area contributed by atoms with E-state index in [0.717, 1.165) is 17.1 Å². The van der Waals surface area contributed by atoms with Crippen molar-refractivity contribution in [2.24, 2.45) is 5.10 Å². The first-order valence-corrected chi connectivity index (χ1v) is 10.8. The van der Waals surface area contributed by atoms with Crippen LogP contribution in [0, 0.1) is 11.6 Å². The first-order chi connectivity index (χ1) is 16.0. The summed E-state index contributed by atoms with van der Waals surface area (Å²) in [4.78, 5) is 0. The van der Waals surface area contributed by atoms with Crippen molar-refractivity contribution in [2.75, 3.05) is 5.01 Å². The molecule has 0 radical (unpaired) electrons. The van der Waals surface area contributed by atoms with Gasteiger partial charge in [-0.15, -0.1) is 0 Å². The molecule has 0 amide bonds. The van der Waals surface area contributed by atoms with Gasteiger partial charge in [-0.05, 0) is 51.4 Å². The second-order valence-electron chi connectivity index (χ2n) is 9.53. The normalized spacial score (nSPS) is 22.0. The lowest BCUT2D eigenvalue weighted by Crippen LogP contribution is -2.43. The molecule has 0 aromatic heterocycles. The van der Waals surface area contributed by atoms with Crippen molar-refractivity contribution in [3.8, 4) is 0 Å². The van der Waals surface area contributed by atoms with Gasteiger partial charge < -0.3 is 9.31 Å². The number of anilines is 1. The molecule has 1 atom stereocenters. The summed E-state index contributed by atoms with van der Waals surface area (Å²) in [5.41, 5.74) is -2.53. The second kappa shape index (κ2) is 8.23. The average molecular weight is 502 g/mol. The molecule has 2 aromatic rings. The van der Waals surface area contributed by atoms with Gasteiger partial charge in [-0.2, -0.15) is 27.1 Å². The molecule has 4 rings (SSSR count). The first-order valence-electron chi connectivity index (χ1n) is 10.8. The summed E-state index contributed by atoms with van der Waals surface area (Å²) >= 11 is 0. The van der Waals surface area contributed by atoms with E-state index in [2.05, 4.69) is 5.10 Å². The van der Waals surface area contributed by atoms with Gasteiger partial charge in [0, 0.05) is 18.1 Å². The van der Waals surface area contributed by atoms with Crippen molar-refractivity contribution in [3.05, 3.63) is 59.7 Å². The van der Waals surface area contributed by atoms with Crippen molar-refractivity contribution in [3.63, 3.8) is 0 Å². The Morgan fingerprint density at radius 2 is 1.57 bits per heavy atom. The minimum atomic E-state index is -5.89. The van der Waals surface area contributed by atoms with Gasteiger partial charge in [0.05, 0.1) is 22.9 Å². The molecule has 2 aromatic carbocycles. The van der Waals surface area contributed by atoms with Crippen molar-refractivity contribution < 1.29 is 40.0 Å². The summed E-state index contributed by atoms with van der Waals surface area (Å²) < 4.78 is 108. The van der Waals surface area contributed by atoms with Crippen LogP contribution in [-0.4, -0.2) is 36.1 Å². The maximum absolute atomic E-state index is 14.6. The molecule has 1 fully saturated rings. The van der Waals surface area contributed by atoms with Gasteiger partial charge in [-0.25, -0.2) is 8.78 Å². The lowest BCUT2D eigenvalue weighted by molar-refractivity contribution is -0.249. The Morgan fingerprint density at radius 1 is 0.943 bits per heavy atom. The third kappa shape index (κ3) is 4.42. The van der Waals surface area contributed by atoms with Gasteiger partial charge in [0.2, 0.25) is 0 Å². The monoisotopic (exact) mass is 502 g/mol. The van der Waals surface area contributed by atoms with Crippen LogP contribution in [0.3, 0.4) is 0 Å². The van der Waals surface area contributed by atoms with Gasteiger partial charge in [-0.3, -0.25) is 5.01 Å². The lowest BCUT2D eigenvalue weighted by Gasteiger charge is -2.32. The Kier molecular flexibility index (Phi) is 5.99. The second-order valence-corrected chi connectivity index (χ2v) is 9.53. The molecule has 1 saturated heterocycles. The van der Waals surface area contributed by atoms with Crippen LogP contribution in [0.5, 0.6) is 0 Å². The van der Waals surface area contributed by atoms with Crippen LogP contribution in [-0.2, 0) is 9.31 Å². The zero-order valence-corrected chi connectivity index (χ0v) is 19.3. The number of nitrogens with zero attached hydrogens (tertiary/aromatic N) is 2. The van der Waals surface area contributed by atoms with Crippen LogP contribution >= 0.6 is 0 Å². The van der Waals surface area contributed by atoms with E-state index in [1.165, 1.54) is 18.2 Å². The molecule has 12 heteroatoms. The fourth-order valence-corrected chi connectivity index (χ4v) is 3.91. The fourth-order valence-electron chi connectivity index (χ4n) is 3.91. The molecule has 0 saturated carbocycles. The molecule has 35 heavy (non-hydrogen) atoms. The molecule has 0 aliphatic carbocycles. The standard InChI is InChI=1S/C23H22BF7N2O2/c1-20(2)21(3,4)35-24(34-20)13-6-5-7-15(10-13)33-18(16-9-8-14(25)11-17(16)26)12-19(32-33)22(27,28)23(29,30)31/h5-11,18H,12H2,1-4H3. The quantitative estimate of drug-likeness (QED) is 0.394. The maximum Gasteiger partial charge on any atom is 0.494 e. The zero-order chi connectivity index (χ0) is 26.0. The fraction of sp³-hybridized carbons (Fsp3) is 0.435. The number of benzene rings is 2. The number of hydrazone groups is 1. The van der Waals surface area contributed by atoms with E-state index < -0.39 is 60.2 Å². The van der Waals surface area contributed by atoms with Crippen LogP contribution in [0.25, 0.3) is 0 Å². The number of hydrogen-bond donors (Lipinski definition) is 0. The van der Waals surface area contributed by atoms with Crippen molar-refractivity contribution in [2.45, 2.75) is 63.5 Å². The van der Waals surface area contributed by atoms with Crippen LogP contribution in [0.15, 0.2) is 47.6 Å². The first kappa shape index (κ1) is 25.5. The highest BCUT2D eigenvalue weighted by Crippen LogP contribution is 2.45. The van der Waals surface area contributed by atoms with Gasteiger partial charge in [0.15, 0.2) is 0 Å². The molecule has 0 bridgehead atoms. The van der Waals surface area contributed by atoms with Crippen molar-refractivity contribution >= 4 is 24.0 Å². The van der Waals surface area contributed by atoms with Crippen LogP contribution in [0.1, 0.15) is 45.7 Å². The zero-order valence-electron chi connectivity index (χ0n) is 19.3.